The normalized spacial score (nSPS) is 12.2. The Morgan fingerprint density at radius 2 is 1.21 bits per heavy atom. The number of hydrogen-bond donors (Lipinski definition) is 0. The summed E-state index contributed by atoms with van der Waals surface area (Å²) in [6.45, 7) is 0. The molecule has 0 N–H and O–H groups in total. The van der Waals surface area contributed by atoms with E-state index in [2.05, 4.69) is 124 Å². The SMILES string of the molecule is c1ccc2cc(-n3c4ccc5c6ccccc6n(-c6ccc7oc8ccccc8c7c6)c5c4c4cccnc43)ccc2c1. The van der Waals surface area contributed by atoms with Crippen molar-refractivity contribution in [1.29, 1.82) is 0 Å². The fourth-order valence-electron chi connectivity index (χ4n) is 7.08. The highest BCUT2D eigenvalue weighted by Crippen LogP contribution is 2.42. The number of fused-ring (bicyclic) bond motifs is 11. The van der Waals surface area contributed by atoms with Gasteiger partial charge in [-0.25, -0.2) is 4.98 Å². The van der Waals surface area contributed by atoms with Crippen molar-refractivity contribution in [2.45, 2.75) is 0 Å². The fraction of sp³-hybridized carbons (Fsp3) is 0. The molecule has 0 fully saturated rings. The van der Waals surface area contributed by atoms with E-state index < -0.39 is 0 Å². The van der Waals surface area contributed by atoms with Crippen molar-refractivity contribution >= 4 is 76.5 Å². The van der Waals surface area contributed by atoms with Crippen LogP contribution in [-0.4, -0.2) is 14.1 Å². The van der Waals surface area contributed by atoms with E-state index in [0.29, 0.717) is 0 Å². The summed E-state index contributed by atoms with van der Waals surface area (Å²) in [6.07, 6.45) is 1.89. The first kappa shape index (κ1) is 22.8. The average Bonchev–Trinajstić information content (AvgIpc) is 3.72. The summed E-state index contributed by atoms with van der Waals surface area (Å²) in [5.74, 6) is 0. The molecule has 43 heavy (non-hydrogen) atoms. The summed E-state index contributed by atoms with van der Waals surface area (Å²) < 4.78 is 10.9. The van der Waals surface area contributed by atoms with Crippen LogP contribution >= 0.6 is 0 Å². The molecule has 4 heterocycles. The van der Waals surface area contributed by atoms with Gasteiger partial charge in [0.25, 0.3) is 0 Å². The minimum atomic E-state index is 0.896. The topological polar surface area (TPSA) is 35.9 Å². The number of benzene rings is 6. The maximum absolute atomic E-state index is 6.19. The standard InChI is InChI=1S/C39H23N3O/c1-2-9-25-22-26(16-15-24(25)8-1)42-34-19-18-30-28-10-3-5-13-33(28)41(38(30)37(34)31-12-7-21-40-39(31)42)27-17-20-36-32(23-27)29-11-4-6-14-35(29)43-36/h1-23H. The molecule has 0 radical (unpaired) electrons. The molecule has 10 aromatic rings. The molecule has 4 nitrogen and oxygen atoms in total. The van der Waals surface area contributed by atoms with Gasteiger partial charge in [-0.15, -0.1) is 0 Å². The van der Waals surface area contributed by atoms with E-state index in [0.717, 1.165) is 49.9 Å². The fourth-order valence-corrected chi connectivity index (χ4v) is 7.08. The number of hydrogen-bond acceptors (Lipinski definition) is 2. The highest BCUT2D eigenvalue weighted by atomic mass is 16.3. The Bertz CT molecular complexity index is 2740. The highest BCUT2D eigenvalue weighted by molar-refractivity contribution is 6.26. The molecule has 0 aliphatic carbocycles. The molecule has 0 amide bonds. The van der Waals surface area contributed by atoms with E-state index in [9.17, 15) is 0 Å². The van der Waals surface area contributed by atoms with E-state index >= 15 is 0 Å². The molecule has 0 unspecified atom stereocenters. The summed E-state index contributed by atoms with van der Waals surface area (Å²) >= 11 is 0. The molecule has 4 heteroatoms. The smallest absolute Gasteiger partial charge is 0.145 e. The van der Waals surface area contributed by atoms with Gasteiger partial charge in [0.2, 0.25) is 0 Å². The number of nitrogens with zero attached hydrogens (tertiary/aromatic N) is 3. The van der Waals surface area contributed by atoms with Crippen LogP contribution < -0.4 is 0 Å². The lowest BCUT2D eigenvalue weighted by Crippen LogP contribution is -1.96. The van der Waals surface area contributed by atoms with E-state index in [4.69, 9.17) is 9.40 Å². The van der Waals surface area contributed by atoms with Crippen LogP contribution in [-0.2, 0) is 0 Å². The number of aromatic nitrogens is 3. The first-order valence-corrected chi connectivity index (χ1v) is 14.6. The number of furan rings is 1. The highest BCUT2D eigenvalue weighted by Gasteiger charge is 2.21. The summed E-state index contributed by atoms with van der Waals surface area (Å²) in [5.41, 5.74) is 8.45. The molecule has 10 rings (SSSR count). The van der Waals surface area contributed by atoms with Gasteiger partial charge in [-0.3, -0.25) is 4.57 Å². The number of para-hydroxylation sites is 2. The molecule has 0 spiro atoms. The Morgan fingerprint density at radius 1 is 0.465 bits per heavy atom. The monoisotopic (exact) mass is 549 g/mol. The predicted octanol–water partition coefficient (Wildman–Crippen LogP) is 10.3. The molecule has 200 valence electrons. The van der Waals surface area contributed by atoms with E-state index in [1.54, 1.807) is 0 Å². The Hall–Kier alpha value is -5.87. The maximum Gasteiger partial charge on any atom is 0.145 e. The molecule has 0 bridgehead atoms. The van der Waals surface area contributed by atoms with E-state index in [1.165, 1.54) is 38.0 Å². The van der Waals surface area contributed by atoms with Gasteiger partial charge in [0.05, 0.1) is 16.6 Å². The Morgan fingerprint density at radius 3 is 2.16 bits per heavy atom. The number of rotatable bonds is 2. The first-order chi connectivity index (χ1) is 21.3. The van der Waals surface area contributed by atoms with Crippen molar-refractivity contribution in [3.05, 3.63) is 140 Å². The van der Waals surface area contributed by atoms with Crippen LogP contribution in [0.15, 0.2) is 144 Å². The summed E-state index contributed by atoms with van der Waals surface area (Å²) in [7, 11) is 0. The molecule has 0 saturated carbocycles. The zero-order valence-corrected chi connectivity index (χ0v) is 23.0. The minimum absolute atomic E-state index is 0.896. The van der Waals surface area contributed by atoms with Crippen LogP contribution in [0, 0.1) is 0 Å². The van der Waals surface area contributed by atoms with Crippen molar-refractivity contribution in [3.8, 4) is 11.4 Å². The van der Waals surface area contributed by atoms with Crippen LogP contribution in [0.2, 0.25) is 0 Å². The van der Waals surface area contributed by atoms with Crippen LogP contribution in [0.1, 0.15) is 0 Å². The second-order valence-electron chi connectivity index (χ2n) is 11.2. The van der Waals surface area contributed by atoms with Crippen molar-refractivity contribution in [2.75, 3.05) is 0 Å². The minimum Gasteiger partial charge on any atom is -0.456 e. The molecule has 4 aromatic heterocycles. The zero-order chi connectivity index (χ0) is 28.1. The van der Waals surface area contributed by atoms with Crippen molar-refractivity contribution in [1.82, 2.24) is 14.1 Å². The lowest BCUT2D eigenvalue weighted by Gasteiger charge is -2.10. The van der Waals surface area contributed by atoms with Crippen molar-refractivity contribution in [2.24, 2.45) is 0 Å². The lowest BCUT2D eigenvalue weighted by atomic mass is 10.1. The average molecular weight is 550 g/mol. The van der Waals surface area contributed by atoms with Crippen LogP contribution in [0.5, 0.6) is 0 Å². The molecule has 6 aromatic carbocycles. The molecular formula is C39H23N3O. The van der Waals surface area contributed by atoms with Gasteiger partial charge < -0.3 is 8.98 Å². The Labute approximate surface area is 245 Å². The van der Waals surface area contributed by atoms with Crippen LogP contribution in [0.25, 0.3) is 87.8 Å². The molecular weight excluding hydrogens is 526 g/mol. The van der Waals surface area contributed by atoms with Gasteiger partial charge in [0.1, 0.15) is 16.8 Å². The third-order valence-electron chi connectivity index (χ3n) is 8.93. The molecule has 0 aliphatic heterocycles. The van der Waals surface area contributed by atoms with E-state index in [-0.39, 0.29) is 0 Å². The summed E-state index contributed by atoms with van der Waals surface area (Å²) in [6, 6.07) is 47.5. The van der Waals surface area contributed by atoms with Gasteiger partial charge in [-0.2, -0.15) is 0 Å². The predicted molar refractivity (Wildman–Crippen MR) is 178 cm³/mol. The Kier molecular flexibility index (Phi) is 4.42. The van der Waals surface area contributed by atoms with Crippen molar-refractivity contribution < 1.29 is 4.42 Å². The largest absolute Gasteiger partial charge is 0.456 e. The van der Waals surface area contributed by atoms with E-state index in [1.807, 2.05) is 24.4 Å². The number of pyridine rings is 1. The lowest BCUT2D eigenvalue weighted by molar-refractivity contribution is 0.669. The first-order valence-electron chi connectivity index (χ1n) is 14.6. The van der Waals surface area contributed by atoms with Gasteiger partial charge in [0.15, 0.2) is 0 Å². The summed E-state index contributed by atoms with van der Waals surface area (Å²) in [5, 5.41) is 9.46. The van der Waals surface area contributed by atoms with Gasteiger partial charge >= 0.3 is 0 Å². The van der Waals surface area contributed by atoms with Gasteiger partial charge in [0, 0.05) is 49.9 Å². The maximum atomic E-state index is 6.19. The summed E-state index contributed by atoms with van der Waals surface area (Å²) in [4.78, 5) is 4.95. The van der Waals surface area contributed by atoms with Gasteiger partial charge in [-0.05, 0) is 71.4 Å². The molecule has 0 atom stereocenters. The van der Waals surface area contributed by atoms with Crippen LogP contribution in [0.4, 0.5) is 0 Å². The quantitative estimate of drug-likeness (QED) is 0.215. The third kappa shape index (κ3) is 3.07. The second-order valence-corrected chi connectivity index (χ2v) is 11.2. The van der Waals surface area contributed by atoms with Crippen LogP contribution in [0.3, 0.4) is 0 Å². The third-order valence-corrected chi connectivity index (χ3v) is 8.93. The van der Waals surface area contributed by atoms with Gasteiger partial charge in [-0.1, -0.05) is 72.8 Å². The molecule has 0 saturated heterocycles. The zero-order valence-electron chi connectivity index (χ0n) is 23.0. The second kappa shape index (κ2) is 8.34. The van der Waals surface area contributed by atoms with Crippen molar-refractivity contribution in [3.63, 3.8) is 0 Å². The molecule has 0 aliphatic rings. The Balaban J connectivity index is 1.37.